The highest BCUT2D eigenvalue weighted by Gasteiger charge is 2.39. The van der Waals surface area contributed by atoms with E-state index in [1.54, 1.807) is 32.9 Å². The van der Waals surface area contributed by atoms with Crippen molar-refractivity contribution in [3.8, 4) is 0 Å². The number of benzene rings is 2. The number of nitrogens with zero attached hydrogens (tertiary/aromatic N) is 1. The van der Waals surface area contributed by atoms with Gasteiger partial charge in [-0.25, -0.2) is 4.79 Å². The lowest BCUT2D eigenvalue weighted by Gasteiger charge is -2.29. The van der Waals surface area contributed by atoms with Crippen LogP contribution in [-0.4, -0.2) is 52.8 Å². The second-order valence-corrected chi connectivity index (χ2v) is 10.9. The minimum atomic E-state index is -0.679. The van der Waals surface area contributed by atoms with Crippen LogP contribution in [0.15, 0.2) is 48.5 Å². The number of amides is 5. The van der Waals surface area contributed by atoms with Crippen molar-refractivity contribution in [3.05, 3.63) is 70.8 Å². The molecule has 2 atom stereocenters. The van der Waals surface area contributed by atoms with Gasteiger partial charge >= 0.3 is 6.09 Å². The van der Waals surface area contributed by atoms with Crippen LogP contribution in [0.1, 0.15) is 60.7 Å². The van der Waals surface area contributed by atoms with Crippen molar-refractivity contribution in [1.29, 1.82) is 0 Å². The highest BCUT2D eigenvalue weighted by Crippen LogP contribution is 2.28. The molecule has 0 spiro atoms. The number of carbonyl (C=O) groups is 5. The molecule has 2 aromatic rings. The van der Waals surface area contributed by atoms with E-state index in [-0.39, 0.29) is 43.8 Å². The molecule has 1 fully saturated rings. The van der Waals surface area contributed by atoms with Gasteiger partial charge in [0.15, 0.2) is 0 Å². The topological polar surface area (TPSA) is 134 Å². The molecule has 2 aliphatic heterocycles. The molecule has 10 heteroatoms. The fraction of sp³-hybridized carbons (Fsp3) is 0.414. The number of piperidine rings is 1. The summed E-state index contributed by atoms with van der Waals surface area (Å²) in [5.74, 6) is -1.78. The van der Waals surface area contributed by atoms with Crippen LogP contribution in [0.2, 0.25) is 0 Å². The van der Waals surface area contributed by atoms with Crippen LogP contribution < -0.4 is 16.0 Å². The third kappa shape index (κ3) is 7.22. The second-order valence-electron chi connectivity index (χ2n) is 10.9. The molecular formula is C29H34N4O6. The molecule has 0 aromatic heterocycles. The summed E-state index contributed by atoms with van der Waals surface area (Å²) in [5.41, 5.74) is 2.40. The SMILES string of the molecule is CC(C)(C)OC(=O)NC[C@@H](Cc1ccccc1)C(=O)NCc1ccc2c(c1)CN(C1CCC(=O)NC1=O)C2=O. The van der Waals surface area contributed by atoms with Gasteiger partial charge in [0, 0.05) is 31.6 Å². The van der Waals surface area contributed by atoms with Gasteiger partial charge in [0.2, 0.25) is 17.7 Å². The standard InChI is InChI=1S/C29H34N4O6/c1-29(2,3)39-28(38)31-16-20(13-18-7-5-4-6-8-18)25(35)30-15-19-9-10-22-21(14-19)17-33(27(22)37)23-11-12-24(34)32-26(23)36/h4-10,14,20,23H,11-13,15-17H2,1-3H3,(H,30,35)(H,31,38)(H,32,34,36)/t20-,23?/m1/s1. The molecule has 2 aliphatic rings. The number of alkyl carbamates (subject to hydrolysis) is 1. The van der Waals surface area contributed by atoms with Crippen molar-refractivity contribution in [2.45, 2.75) is 64.8 Å². The molecule has 10 nitrogen and oxygen atoms in total. The molecule has 206 valence electrons. The molecule has 0 aliphatic carbocycles. The van der Waals surface area contributed by atoms with Gasteiger partial charge in [0.1, 0.15) is 11.6 Å². The highest BCUT2D eigenvalue weighted by molar-refractivity contribution is 6.05. The molecule has 4 rings (SSSR count). The molecule has 39 heavy (non-hydrogen) atoms. The van der Waals surface area contributed by atoms with E-state index in [1.807, 2.05) is 36.4 Å². The Hall–Kier alpha value is -4.21. The first-order valence-electron chi connectivity index (χ1n) is 13.0. The molecule has 2 aromatic carbocycles. The number of fused-ring (bicyclic) bond motifs is 1. The van der Waals surface area contributed by atoms with Crippen LogP contribution in [-0.2, 0) is 38.6 Å². The van der Waals surface area contributed by atoms with Crippen molar-refractivity contribution in [1.82, 2.24) is 20.9 Å². The summed E-state index contributed by atoms with van der Waals surface area (Å²) in [6, 6.07) is 14.2. The van der Waals surface area contributed by atoms with Crippen molar-refractivity contribution < 1.29 is 28.7 Å². The average Bonchev–Trinajstić information content (AvgIpc) is 3.20. The lowest BCUT2D eigenvalue weighted by Crippen LogP contribution is -2.52. The van der Waals surface area contributed by atoms with E-state index in [2.05, 4.69) is 16.0 Å². The summed E-state index contributed by atoms with van der Waals surface area (Å²) in [6.45, 7) is 5.92. The lowest BCUT2D eigenvalue weighted by atomic mass is 9.98. The minimum Gasteiger partial charge on any atom is -0.444 e. The van der Waals surface area contributed by atoms with Crippen LogP contribution in [0.25, 0.3) is 0 Å². The first-order chi connectivity index (χ1) is 18.5. The van der Waals surface area contributed by atoms with Crippen LogP contribution >= 0.6 is 0 Å². The number of imide groups is 1. The Morgan fingerprint density at radius 1 is 1.05 bits per heavy atom. The zero-order chi connectivity index (χ0) is 28.2. The van der Waals surface area contributed by atoms with Crippen molar-refractivity contribution in [3.63, 3.8) is 0 Å². The Labute approximate surface area is 227 Å². The molecule has 0 saturated carbocycles. The summed E-state index contributed by atoms with van der Waals surface area (Å²) in [6.07, 6.45) is 0.341. The normalized spacial score (nSPS) is 17.8. The number of hydrogen-bond donors (Lipinski definition) is 3. The minimum absolute atomic E-state index is 0.106. The van der Waals surface area contributed by atoms with Crippen LogP contribution in [0.4, 0.5) is 4.79 Å². The summed E-state index contributed by atoms with van der Waals surface area (Å²) < 4.78 is 5.31. The van der Waals surface area contributed by atoms with Gasteiger partial charge in [0.25, 0.3) is 5.91 Å². The maximum atomic E-state index is 13.2. The number of nitrogens with one attached hydrogen (secondary N) is 3. The van der Waals surface area contributed by atoms with Gasteiger partial charge in [-0.1, -0.05) is 42.5 Å². The summed E-state index contributed by atoms with van der Waals surface area (Å²) in [7, 11) is 0. The molecule has 0 bridgehead atoms. The number of hydrogen-bond acceptors (Lipinski definition) is 6. The van der Waals surface area contributed by atoms with Gasteiger partial charge in [-0.05, 0) is 56.4 Å². The number of rotatable bonds is 8. The van der Waals surface area contributed by atoms with Gasteiger partial charge in [-0.2, -0.15) is 0 Å². The fourth-order valence-corrected chi connectivity index (χ4v) is 4.75. The Bertz CT molecular complexity index is 1270. The van der Waals surface area contributed by atoms with E-state index in [9.17, 15) is 24.0 Å². The van der Waals surface area contributed by atoms with Crippen molar-refractivity contribution in [2.24, 2.45) is 5.92 Å². The maximum Gasteiger partial charge on any atom is 0.407 e. The van der Waals surface area contributed by atoms with Crippen LogP contribution in [0.5, 0.6) is 0 Å². The number of carbonyl (C=O) groups excluding carboxylic acids is 5. The molecule has 2 heterocycles. The quantitative estimate of drug-likeness (QED) is 0.446. The Kier molecular flexibility index (Phi) is 8.32. The van der Waals surface area contributed by atoms with Crippen LogP contribution in [0, 0.1) is 5.92 Å². The largest absolute Gasteiger partial charge is 0.444 e. The second kappa shape index (κ2) is 11.7. The predicted octanol–water partition coefficient (Wildman–Crippen LogP) is 2.45. The zero-order valence-electron chi connectivity index (χ0n) is 22.4. The maximum absolute atomic E-state index is 13.2. The summed E-state index contributed by atoms with van der Waals surface area (Å²) in [4.78, 5) is 63.6. The highest BCUT2D eigenvalue weighted by atomic mass is 16.6. The van der Waals surface area contributed by atoms with Gasteiger partial charge in [-0.15, -0.1) is 0 Å². The average molecular weight is 535 g/mol. The Morgan fingerprint density at radius 3 is 2.49 bits per heavy atom. The summed E-state index contributed by atoms with van der Waals surface area (Å²) >= 11 is 0. The van der Waals surface area contributed by atoms with E-state index in [0.717, 1.165) is 16.7 Å². The molecule has 0 radical (unpaired) electrons. The molecule has 1 unspecified atom stereocenters. The molecular weight excluding hydrogens is 500 g/mol. The zero-order valence-corrected chi connectivity index (χ0v) is 22.4. The molecule has 1 saturated heterocycles. The van der Waals surface area contributed by atoms with E-state index < -0.39 is 29.6 Å². The van der Waals surface area contributed by atoms with E-state index in [1.165, 1.54) is 4.90 Å². The monoisotopic (exact) mass is 534 g/mol. The smallest absolute Gasteiger partial charge is 0.407 e. The van der Waals surface area contributed by atoms with Gasteiger partial charge in [-0.3, -0.25) is 24.5 Å². The van der Waals surface area contributed by atoms with Gasteiger partial charge < -0.3 is 20.3 Å². The first kappa shape index (κ1) is 27.8. The fourth-order valence-electron chi connectivity index (χ4n) is 4.75. The summed E-state index contributed by atoms with van der Waals surface area (Å²) in [5, 5.41) is 7.95. The molecule has 3 N–H and O–H groups in total. The molecule has 5 amide bonds. The Balaban J connectivity index is 1.39. The van der Waals surface area contributed by atoms with Crippen molar-refractivity contribution >= 4 is 29.7 Å². The van der Waals surface area contributed by atoms with E-state index >= 15 is 0 Å². The van der Waals surface area contributed by atoms with Gasteiger partial charge in [0.05, 0.1) is 5.92 Å². The van der Waals surface area contributed by atoms with E-state index in [4.69, 9.17) is 4.74 Å². The van der Waals surface area contributed by atoms with E-state index in [0.29, 0.717) is 18.4 Å². The Morgan fingerprint density at radius 2 is 1.79 bits per heavy atom. The third-order valence-corrected chi connectivity index (χ3v) is 6.64. The first-order valence-corrected chi connectivity index (χ1v) is 13.0. The van der Waals surface area contributed by atoms with Crippen molar-refractivity contribution in [2.75, 3.05) is 6.54 Å². The predicted molar refractivity (Wildman–Crippen MR) is 142 cm³/mol. The number of ether oxygens (including phenoxy) is 1. The third-order valence-electron chi connectivity index (χ3n) is 6.64. The van der Waals surface area contributed by atoms with Crippen LogP contribution in [0.3, 0.4) is 0 Å². The lowest BCUT2D eigenvalue weighted by molar-refractivity contribution is -0.137.